The SMILES string of the molecule is c1ccc(-c2ccc3[nH]nc(-c4nc5c(-c6ccncc6)ccnc5[nH]4)c3c2)nc1. The second-order valence-corrected chi connectivity index (χ2v) is 6.92. The third-order valence-corrected chi connectivity index (χ3v) is 5.12. The molecule has 2 N–H and O–H groups in total. The van der Waals surface area contributed by atoms with E-state index < -0.39 is 0 Å². The molecule has 0 atom stereocenters. The van der Waals surface area contributed by atoms with Crippen molar-refractivity contribution < 1.29 is 0 Å². The Labute approximate surface area is 170 Å². The highest BCUT2D eigenvalue weighted by Crippen LogP contribution is 2.31. The summed E-state index contributed by atoms with van der Waals surface area (Å²) < 4.78 is 0. The normalized spacial score (nSPS) is 11.3. The largest absolute Gasteiger partial charge is 0.321 e. The number of aromatic amines is 2. The smallest absolute Gasteiger partial charge is 0.160 e. The molecule has 30 heavy (non-hydrogen) atoms. The van der Waals surface area contributed by atoms with Crippen LogP contribution < -0.4 is 0 Å². The van der Waals surface area contributed by atoms with Crippen molar-refractivity contribution in [3.05, 3.63) is 79.4 Å². The number of H-pyrrole nitrogens is 2. The first-order valence-electron chi connectivity index (χ1n) is 9.52. The number of benzene rings is 1. The molecule has 6 aromatic rings. The third-order valence-electron chi connectivity index (χ3n) is 5.12. The van der Waals surface area contributed by atoms with Crippen LogP contribution in [0.2, 0.25) is 0 Å². The van der Waals surface area contributed by atoms with Crippen LogP contribution >= 0.6 is 0 Å². The minimum atomic E-state index is 0.670. The molecule has 0 spiro atoms. The van der Waals surface area contributed by atoms with Gasteiger partial charge in [0, 0.05) is 41.3 Å². The molecule has 0 fully saturated rings. The summed E-state index contributed by atoms with van der Waals surface area (Å²) in [6.07, 6.45) is 7.12. The number of hydrogen-bond donors (Lipinski definition) is 2. The maximum Gasteiger partial charge on any atom is 0.160 e. The van der Waals surface area contributed by atoms with Crippen LogP contribution in [0, 0.1) is 0 Å². The summed E-state index contributed by atoms with van der Waals surface area (Å²) in [6, 6.07) is 17.9. The molecule has 1 aromatic carbocycles. The highest BCUT2D eigenvalue weighted by atomic mass is 15.1. The van der Waals surface area contributed by atoms with E-state index in [0.717, 1.165) is 50.1 Å². The van der Waals surface area contributed by atoms with E-state index in [1.807, 2.05) is 48.5 Å². The zero-order valence-electron chi connectivity index (χ0n) is 15.7. The fourth-order valence-electron chi connectivity index (χ4n) is 3.67. The molecule has 142 valence electrons. The Morgan fingerprint density at radius 2 is 1.70 bits per heavy atom. The first-order valence-corrected chi connectivity index (χ1v) is 9.52. The highest BCUT2D eigenvalue weighted by Gasteiger charge is 2.16. The van der Waals surface area contributed by atoms with Crippen LogP contribution in [0.3, 0.4) is 0 Å². The molecule has 6 rings (SSSR count). The number of nitrogens with zero attached hydrogens (tertiary/aromatic N) is 5. The molecule has 5 heterocycles. The van der Waals surface area contributed by atoms with Crippen LogP contribution in [0.15, 0.2) is 79.4 Å². The van der Waals surface area contributed by atoms with Crippen LogP contribution in [0.4, 0.5) is 0 Å². The van der Waals surface area contributed by atoms with Crippen molar-refractivity contribution in [2.75, 3.05) is 0 Å². The van der Waals surface area contributed by atoms with Gasteiger partial charge in [0.05, 0.1) is 11.2 Å². The van der Waals surface area contributed by atoms with Gasteiger partial charge in [-0.15, -0.1) is 0 Å². The Hall–Kier alpha value is -4.39. The van der Waals surface area contributed by atoms with Crippen LogP contribution in [0.5, 0.6) is 0 Å². The topological polar surface area (TPSA) is 96.0 Å². The Morgan fingerprint density at radius 3 is 2.57 bits per heavy atom. The minimum absolute atomic E-state index is 0.670. The quantitative estimate of drug-likeness (QED) is 0.460. The summed E-state index contributed by atoms with van der Waals surface area (Å²) in [5.41, 5.74) is 7.19. The summed E-state index contributed by atoms with van der Waals surface area (Å²) in [5.74, 6) is 0.670. The molecule has 0 aliphatic carbocycles. The zero-order chi connectivity index (χ0) is 19.9. The van der Waals surface area contributed by atoms with Crippen LogP contribution in [-0.2, 0) is 0 Å². The monoisotopic (exact) mass is 389 g/mol. The van der Waals surface area contributed by atoms with Gasteiger partial charge in [0.1, 0.15) is 11.2 Å². The summed E-state index contributed by atoms with van der Waals surface area (Å²) in [5, 5.41) is 8.59. The van der Waals surface area contributed by atoms with Crippen molar-refractivity contribution in [2.24, 2.45) is 0 Å². The zero-order valence-corrected chi connectivity index (χ0v) is 15.7. The first kappa shape index (κ1) is 16.6. The summed E-state index contributed by atoms with van der Waals surface area (Å²) in [4.78, 5) is 21.2. The molecule has 0 bridgehead atoms. The van der Waals surface area contributed by atoms with Crippen molar-refractivity contribution in [3.8, 4) is 33.9 Å². The van der Waals surface area contributed by atoms with Gasteiger partial charge >= 0.3 is 0 Å². The van der Waals surface area contributed by atoms with E-state index >= 15 is 0 Å². The first-order chi connectivity index (χ1) is 14.9. The lowest BCUT2D eigenvalue weighted by Gasteiger charge is -2.01. The molecule has 7 heteroatoms. The van der Waals surface area contributed by atoms with Crippen molar-refractivity contribution >= 4 is 22.1 Å². The van der Waals surface area contributed by atoms with E-state index in [-0.39, 0.29) is 0 Å². The van der Waals surface area contributed by atoms with Gasteiger partial charge in [0.15, 0.2) is 11.5 Å². The highest BCUT2D eigenvalue weighted by molar-refractivity contribution is 5.97. The van der Waals surface area contributed by atoms with Crippen LogP contribution in [0.25, 0.3) is 56.0 Å². The van der Waals surface area contributed by atoms with Crippen LogP contribution in [-0.4, -0.2) is 35.1 Å². The molecule has 0 unspecified atom stereocenters. The summed E-state index contributed by atoms with van der Waals surface area (Å²) in [6.45, 7) is 0. The molecule has 0 saturated carbocycles. The summed E-state index contributed by atoms with van der Waals surface area (Å²) >= 11 is 0. The van der Waals surface area contributed by atoms with Gasteiger partial charge in [-0.05, 0) is 48.0 Å². The number of nitrogens with one attached hydrogen (secondary N) is 2. The molecule has 5 aromatic heterocycles. The summed E-state index contributed by atoms with van der Waals surface area (Å²) in [7, 11) is 0. The average molecular weight is 389 g/mol. The molecule has 0 aliphatic rings. The minimum Gasteiger partial charge on any atom is -0.321 e. The molecule has 0 radical (unpaired) electrons. The van der Waals surface area contributed by atoms with Crippen molar-refractivity contribution in [1.29, 1.82) is 0 Å². The molecular weight excluding hydrogens is 374 g/mol. The lowest BCUT2D eigenvalue weighted by atomic mass is 10.1. The second-order valence-electron chi connectivity index (χ2n) is 6.92. The molecule has 0 saturated heterocycles. The number of fused-ring (bicyclic) bond motifs is 2. The van der Waals surface area contributed by atoms with E-state index in [9.17, 15) is 0 Å². The van der Waals surface area contributed by atoms with Gasteiger partial charge in [0.25, 0.3) is 0 Å². The number of aromatic nitrogens is 7. The molecular formula is C23H15N7. The van der Waals surface area contributed by atoms with Gasteiger partial charge in [-0.2, -0.15) is 5.10 Å². The van der Waals surface area contributed by atoms with Crippen molar-refractivity contribution in [2.45, 2.75) is 0 Å². The maximum atomic E-state index is 4.85. The average Bonchev–Trinajstić information content (AvgIpc) is 3.43. The van der Waals surface area contributed by atoms with E-state index in [0.29, 0.717) is 5.82 Å². The predicted octanol–water partition coefficient (Wildman–Crippen LogP) is 4.63. The molecule has 0 amide bonds. The standard InChI is InChI=1S/C23H15N7/c1-2-9-25-18(3-1)15-4-5-19-17(13-15)21(30-29-19)23-27-20-16(8-12-26-22(20)28-23)14-6-10-24-11-7-14/h1-13H,(H,29,30)(H,26,27,28). The number of hydrogen-bond acceptors (Lipinski definition) is 5. The van der Waals surface area contributed by atoms with Crippen molar-refractivity contribution in [3.63, 3.8) is 0 Å². The second kappa shape index (κ2) is 6.59. The Kier molecular flexibility index (Phi) is 3.64. The van der Waals surface area contributed by atoms with Crippen LogP contribution in [0.1, 0.15) is 0 Å². The molecule has 7 nitrogen and oxygen atoms in total. The Balaban J connectivity index is 1.52. The van der Waals surface area contributed by atoms with Gasteiger partial charge < -0.3 is 4.98 Å². The fraction of sp³-hybridized carbons (Fsp3) is 0. The van der Waals surface area contributed by atoms with E-state index in [1.165, 1.54) is 0 Å². The third kappa shape index (κ3) is 2.64. The van der Waals surface area contributed by atoms with Crippen molar-refractivity contribution in [1.82, 2.24) is 35.1 Å². The lowest BCUT2D eigenvalue weighted by Crippen LogP contribution is -1.84. The lowest BCUT2D eigenvalue weighted by molar-refractivity contribution is 1.10. The van der Waals surface area contributed by atoms with E-state index in [2.05, 4.69) is 36.2 Å². The Bertz CT molecular complexity index is 1480. The predicted molar refractivity (Wildman–Crippen MR) is 115 cm³/mol. The maximum absolute atomic E-state index is 4.85. The number of pyridine rings is 3. The van der Waals surface area contributed by atoms with Gasteiger partial charge in [-0.3, -0.25) is 15.1 Å². The van der Waals surface area contributed by atoms with Gasteiger partial charge in [-0.1, -0.05) is 12.1 Å². The molecule has 0 aliphatic heterocycles. The Morgan fingerprint density at radius 1 is 0.767 bits per heavy atom. The van der Waals surface area contributed by atoms with E-state index in [4.69, 9.17) is 4.98 Å². The fourth-order valence-corrected chi connectivity index (χ4v) is 3.67. The van der Waals surface area contributed by atoms with E-state index in [1.54, 1.807) is 24.8 Å². The number of rotatable bonds is 3. The number of imidazole rings is 1. The van der Waals surface area contributed by atoms with Gasteiger partial charge in [-0.25, -0.2) is 9.97 Å². The van der Waals surface area contributed by atoms with Gasteiger partial charge in [0.2, 0.25) is 0 Å².